The Hall–Kier alpha value is -1.20. The van der Waals surface area contributed by atoms with Gasteiger partial charge in [-0.2, -0.15) is 11.8 Å². The van der Waals surface area contributed by atoms with Crippen LogP contribution in [0.3, 0.4) is 0 Å². The van der Waals surface area contributed by atoms with Crippen LogP contribution in [-0.2, 0) is 17.1 Å². The van der Waals surface area contributed by atoms with E-state index in [-0.39, 0.29) is 11.8 Å². The maximum absolute atomic E-state index is 12.4. The van der Waals surface area contributed by atoms with Crippen molar-refractivity contribution in [3.8, 4) is 0 Å². The van der Waals surface area contributed by atoms with Crippen molar-refractivity contribution in [1.82, 2.24) is 10.2 Å². The van der Waals surface area contributed by atoms with Crippen molar-refractivity contribution >= 4 is 40.9 Å². The molecule has 1 saturated heterocycles. The van der Waals surface area contributed by atoms with Gasteiger partial charge in [-0.1, -0.05) is 47.5 Å². The summed E-state index contributed by atoms with van der Waals surface area (Å²) < 4.78 is 0. The lowest BCUT2D eigenvalue weighted by Crippen LogP contribution is -2.40. The molecule has 0 unspecified atom stereocenters. The van der Waals surface area contributed by atoms with Crippen molar-refractivity contribution < 1.29 is 4.79 Å². The van der Waals surface area contributed by atoms with Crippen molar-refractivity contribution in [2.24, 2.45) is 5.92 Å². The summed E-state index contributed by atoms with van der Waals surface area (Å²) >= 11 is 13.8. The van der Waals surface area contributed by atoms with Crippen LogP contribution in [0.15, 0.2) is 48.5 Å². The Morgan fingerprint density at radius 2 is 1.79 bits per heavy atom. The summed E-state index contributed by atoms with van der Waals surface area (Å²) in [6.07, 6.45) is 1.85. The van der Waals surface area contributed by atoms with Gasteiger partial charge in [0.25, 0.3) is 0 Å². The first-order chi connectivity index (χ1) is 13.6. The lowest BCUT2D eigenvalue weighted by atomic mass is 9.95. The molecule has 1 N–H and O–H groups in total. The monoisotopic (exact) mass is 436 g/mol. The normalized spacial score (nSPS) is 15.5. The van der Waals surface area contributed by atoms with Crippen LogP contribution in [0.4, 0.5) is 0 Å². The number of hydrogen-bond donors (Lipinski definition) is 1. The number of rotatable bonds is 8. The molecule has 150 valence electrons. The summed E-state index contributed by atoms with van der Waals surface area (Å²) in [5, 5.41) is 4.64. The standard InChI is InChI=1S/C22H26Cl2N2OS/c23-20-6-4-17(5-7-20)15-26-11-8-19(9-12-26)22(27)25-10-13-28-16-18-2-1-3-21(24)14-18/h1-7,14,19H,8-13,15-16H2,(H,25,27). The van der Waals surface area contributed by atoms with Gasteiger partial charge in [-0.15, -0.1) is 0 Å². The topological polar surface area (TPSA) is 32.3 Å². The second-order valence-corrected chi connectivity index (χ2v) is 9.13. The lowest BCUT2D eigenvalue weighted by molar-refractivity contribution is -0.126. The van der Waals surface area contributed by atoms with E-state index in [2.05, 4.69) is 28.4 Å². The summed E-state index contributed by atoms with van der Waals surface area (Å²) in [7, 11) is 0. The molecule has 0 bridgehead atoms. The molecule has 3 nitrogen and oxygen atoms in total. The van der Waals surface area contributed by atoms with E-state index in [1.165, 1.54) is 11.1 Å². The van der Waals surface area contributed by atoms with Crippen molar-refractivity contribution in [3.05, 3.63) is 69.7 Å². The Kier molecular flexibility index (Phi) is 8.53. The van der Waals surface area contributed by atoms with E-state index < -0.39 is 0 Å². The van der Waals surface area contributed by atoms with E-state index in [0.29, 0.717) is 0 Å². The average molecular weight is 437 g/mol. The van der Waals surface area contributed by atoms with Crippen molar-refractivity contribution in [2.75, 3.05) is 25.4 Å². The molecule has 1 aliphatic rings. The third-order valence-electron chi connectivity index (χ3n) is 4.98. The fraction of sp³-hybridized carbons (Fsp3) is 0.409. The van der Waals surface area contributed by atoms with Crippen LogP contribution >= 0.6 is 35.0 Å². The fourth-order valence-corrected chi connectivity index (χ4v) is 4.55. The molecule has 2 aromatic rings. The molecule has 1 fully saturated rings. The zero-order chi connectivity index (χ0) is 19.8. The van der Waals surface area contributed by atoms with Crippen molar-refractivity contribution in [3.63, 3.8) is 0 Å². The highest BCUT2D eigenvalue weighted by Crippen LogP contribution is 2.20. The molecule has 0 spiro atoms. The number of benzene rings is 2. The maximum Gasteiger partial charge on any atom is 0.223 e. The maximum atomic E-state index is 12.4. The third-order valence-corrected chi connectivity index (χ3v) is 6.50. The Bertz CT molecular complexity index is 761. The highest BCUT2D eigenvalue weighted by Gasteiger charge is 2.24. The summed E-state index contributed by atoms with van der Waals surface area (Å²) in [6.45, 7) is 3.56. The molecule has 2 aromatic carbocycles. The van der Waals surface area contributed by atoms with Gasteiger partial charge in [0.15, 0.2) is 0 Å². The largest absolute Gasteiger partial charge is 0.355 e. The minimum atomic E-state index is 0.138. The van der Waals surface area contributed by atoms with Gasteiger partial charge in [0.2, 0.25) is 5.91 Å². The van der Waals surface area contributed by atoms with Crippen LogP contribution in [0, 0.1) is 5.92 Å². The summed E-state index contributed by atoms with van der Waals surface area (Å²) in [5.41, 5.74) is 2.49. The fourth-order valence-electron chi connectivity index (χ4n) is 3.41. The first kappa shape index (κ1) is 21.5. The third kappa shape index (κ3) is 7.00. The molecule has 0 aliphatic carbocycles. The lowest BCUT2D eigenvalue weighted by Gasteiger charge is -2.31. The highest BCUT2D eigenvalue weighted by molar-refractivity contribution is 7.98. The number of likely N-dealkylation sites (tertiary alicyclic amines) is 1. The molecule has 0 radical (unpaired) electrons. The average Bonchev–Trinajstić information content (AvgIpc) is 2.70. The number of piperidine rings is 1. The summed E-state index contributed by atoms with van der Waals surface area (Å²) in [5.74, 6) is 2.17. The van der Waals surface area contributed by atoms with Gasteiger partial charge in [0, 0.05) is 40.6 Å². The van der Waals surface area contributed by atoms with Crippen LogP contribution < -0.4 is 5.32 Å². The van der Waals surface area contributed by atoms with E-state index in [1.807, 2.05) is 42.1 Å². The Morgan fingerprint density at radius 3 is 2.50 bits per heavy atom. The van der Waals surface area contributed by atoms with Crippen LogP contribution in [0.25, 0.3) is 0 Å². The molecule has 1 heterocycles. The second-order valence-electron chi connectivity index (χ2n) is 7.15. The van der Waals surface area contributed by atoms with Crippen LogP contribution in [0.2, 0.25) is 10.0 Å². The molecule has 0 saturated carbocycles. The van der Waals surface area contributed by atoms with Crippen LogP contribution in [0.5, 0.6) is 0 Å². The molecule has 0 atom stereocenters. The van der Waals surface area contributed by atoms with E-state index in [9.17, 15) is 4.79 Å². The predicted molar refractivity (Wildman–Crippen MR) is 120 cm³/mol. The number of amides is 1. The SMILES string of the molecule is O=C(NCCSCc1cccc(Cl)c1)C1CCN(Cc2ccc(Cl)cc2)CC1. The summed E-state index contributed by atoms with van der Waals surface area (Å²) in [6, 6.07) is 15.9. The number of nitrogens with one attached hydrogen (secondary N) is 1. The van der Waals surface area contributed by atoms with Gasteiger partial charge in [-0.25, -0.2) is 0 Å². The molecule has 1 amide bonds. The Labute approximate surface area is 181 Å². The minimum absolute atomic E-state index is 0.138. The molecular weight excluding hydrogens is 411 g/mol. The Morgan fingerprint density at radius 1 is 1.04 bits per heavy atom. The minimum Gasteiger partial charge on any atom is -0.355 e. The second kappa shape index (κ2) is 11.1. The van der Waals surface area contributed by atoms with Gasteiger partial charge in [0.05, 0.1) is 0 Å². The van der Waals surface area contributed by atoms with Crippen LogP contribution in [-0.4, -0.2) is 36.2 Å². The molecular formula is C22H26Cl2N2OS. The highest BCUT2D eigenvalue weighted by atomic mass is 35.5. The number of thioether (sulfide) groups is 1. The number of carbonyl (C=O) groups excluding carboxylic acids is 1. The number of carbonyl (C=O) groups is 1. The van der Waals surface area contributed by atoms with E-state index in [1.54, 1.807) is 0 Å². The molecule has 3 rings (SSSR count). The quantitative estimate of drug-likeness (QED) is 0.573. The molecule has 0 aromatic heterocycles. The van der Waals surface area contributed by atoms with Gasteiger partial charge in [-0.3, -0.25) is 9.69 Å². The van der Waals surface area contributed by atoms with Gasteiger partial charge in [0.1, 0.15) is 0 Å². The van der Waals surface area contributed by atoms with Crippen molar-refractivity contribution in [1.29, 1.82) is 0 Å². The summed E-state index contributed by atoms with van der Waals surface area (Å²) in [4.78, 5) is 14.8. The van der Waals surface area contributed by atoms with Gasteiger partial charge < -0.3 is 5.32 Å². The number of halogens is 2. The van der Waals surface area contributed by atoms with Crippen molar-refractivity contribution in [2.45, 2.75) is 25.1 Å². The van der Waals surface area contributed by atoms with Gasteiger partial charge >= 0.3 is 0 Å². The van der Waals surface area contributed by atoms with E-state index >= 15 is 0 Å². The van der Waals surface area contributed by atoms with Gasteiger partial charge in [-0.05, 0) is 61.3 Å². The van der Waals surface area contributed by atoms with E-state index in [4.69, 9.17) is 23.2 Å². The zero-order valence-electron chi connectivity index (χ0n) is 15.9. The molecule has 1 aliphatic heterocycles. The van der Waals surface area contributed by atoms with E-state index in [0.717, 1.165) is 60.6 Å². The number of hydrogen-bond acceptors (Lipinski definition) is 3. The Balaban J connectivity index is 1.30. The predicted octanol–water partition coefficient (Wildman–Crippen LogP) is 5.26. The first-order valence-corrected chi connectivity index (χ1v) is 11.6. The molecule has 28 heavy (non-hydrogen) atoms. The van der Waals surface area contributed by atoms with Crippen LogP contribution in [0.1, 0.15) is 24.0 Å². The first-order valence-electron chi connectivity index (χ1n) is 9.67. The molecule has 6 heteroatoms. The smallest absolute Gasteiger partial charge is 0.223 e. The number of nitrogens with zero attached hydrogens (tertiary/aromatic N) is 1. The zero-order valence-corrected chi connectivity index (χ0v) is 18.2.